The van der Waals surface area contributed by atoms with Gasteiger partial charge in [0.2, 0.25) is 0 Å². The number of hydrogen-bond donors (Lipinski definition) is 0. The second-order valence-corrected chi connectivity index (χ2v) is 6.74. The zero-order chi connectivity index (χ0) is 11.4. The maximum Gasteiger partial charge on any atom is 0.143 e. The Bertz CT molecular complexity index is 459. The molecule has 2 heteroatoms. The van der Waals surface area contributed by atoms with Gasteiger partial charge in [-0.15, -0.1) is 4.36 Å². The molecule has 0 bridgehead atoms. The van der Waals surface area contributed by atoms with Gasteiger partial charge in [-0.25, -0.2) is 0 Å². The second-order valence-electron chi connectivity index (χ2n) is 3.68. The lowest BCUT2D eigenvalue weighted by atomic mass is 10.4. The lowest BCUT2D eigenvalue weighted by molar-refractivity contribution is 1.32. The number of rotatable bonds is 2. The van der Waals surface area contributed by atoms with E-state index in [9.17, 15) is 0 Å². The predicted molar refractivity (Wildman–Crippen MR) is 71.1 cm³/mol. The summed E-state index contributed by atoms with van der Waals surface area (Å²) >= 11 is 0. The lowest BCUT2D eigenvalue weighted by Crippen LogP contribution is -2.09. The highest BCUT2D eigenvalue weighted by Crippen LogP contribution is 2.28. The molecule has 0 aliphatic rings. The van der Waals surface area contributed by atoms with Crippen molar-refractivity contribution in [2.45, 2.75) is 9.79 Å². The normalized spacial score (nSPS) is 11.1. The van der Waals surface area contributed by atoms with E-state index in [4.69, 9.17) is 0 Å². The lowest BCUT2D eigenvalue weighted by Gasteiger charge is -2.12. The predicted octanol–water partition coefficient (Wildman–Crippen LogP) is 3.70. The molecule has 1 nitrogen and oxygen atoms in total. The average Bonchev–Trinajstić information content (AvgIpc) is 2.40. The molecular formula is C14H16NS+. The van der Waals surface area contributed by atoms with Gasteiger partial charge in [0.15, 0.2) is 0 Å². The van der Waals surface area contributed by atoms with Crippen molar-refractivity contribution < 1.29 is 0 Å². The first kappa shape index (κ1) is 11.1. The third-order valence-corrected chi connectivity index (χ3v) is 5.88. The molecule has 0 amide bonds. The molecule has 0 fully saturated rings. The highest BCUT2D eigenvalue weighted by atomic mass is 32.2. The Hall–Kier alpha value is -1.41. The van der Waals surface area contributed by atoms with E-state index in [1.165, 1.54) is 9.79 Å². The molecule has 0 saturated heterocycles. The molecule has 0 spiro atoms. The minimum absolute atomic E-state index is 1.21. The molecule has 0 N–H and O–H groups in total. The molecule has 2 aromatic carbocycles. The standard InChI is InChI=1S/C14H16NS/c1-15-16(2,13-9-5-3-6-10-13)14-11-7-4-8-12-14/h3-12H,1-2H3/q+1. The molecule has 0 atom stereocenters. The summed E-state index contributed by atoms with van der Waals surface area (Å²) in [5.74, 6) is 0. The molecule has 0 aliphatic carbocycles. The third-order valence-electron chi connectivity index (χ3n) is 2.77. The van der Waals surface area contributed by atoms with Crippen LogP contribution in [0.15, 0.2) is 74.8 Å². The van der Waals surface area contributed by atoms with E-state index in [1.807, 2.05) is 19.2 Å². The van der Waals surface area contributed by atoms with Gasteiger partial charge in [-0.1, -0.05) is 36.4 Å². The van der Waals surface area contributed by atoms with Crippen LogP contribution in [0.5, 0.6) is 0 Å². The Labute approximate surface area is 98.2 Å². The van der Waals surface area contributed by atoms with Gasteiger partial charge in [0.05, 0.1) is 13.3 Å². The van der Waals surface area contributed by atoms with Crippen LogP contribution in [0.1, 0.15) is 0 Å². The highest BCUT2D eigenvalue weighted by molar-refractivity contribution is 8.04. The second kappa shape index (κ2) is 4.62. The summed E-state index contributed by atoms with van der Waals surface area (Å²) in [4.78, 5) is 2.62. The Morgan fingerprint density at radius 1 is 0.750 bits per heavy atom. The molecule has 0 saturated carbocycles. The van der Waals surface area contributed by atoms with Gasteiger partial charge in [0.1, 0.15) is 9.79 Å². The summed E-state index contributed by atoms with van der Waals surface area (Å²) < 4.78 is 4.64. The maximum atomic E-state index is 4.64. The summed E-state index contributed by atoms with van der Waals surface area (Å²) in [5.41, 5.74) is 0. The van der Waals surface area contributed by atoms with Gasteiger partial charge in [-0.2, -0.15) is 0 Å². The van der Waals surface area contributed by atoms with Crippen LogP contribution in [0, 0.1) is 0 Å². The third kappa shape index (κ3) is 1.93. The van der Waals surface area contributed by atoms with Crippen LogP contribution in [-0.4, -0.2) is 13.3 Å². The van der Waals surface area contributed by atoms with Gasteiger partial charge in [0.25, 0.3) is 0 Å². The molecule has 0 aliphatic heterocycles. The van der Waals surface area contributed by atoms with E-state index in [1.54, 1.807) is 0 Å². The molecule has 2 aromatic rings. The first-order valence-electron chi connectivity index (χ1n) is 5.27. The Balaban J connectivity index is 2.59. The van der Waals surface area contributed by atoms with Crippen LogP contribution in [0.3, 0.4) is 0 Å². The van der Waals surface area contributed by atoms with Crippen molar-refractivity contribution in [3.8, 4) is 0 Å². The van der Waals surface area contributed by atoms with E-state index in [0.717, 1.165) is 0 Å². The molecule has 0 heterocycles. The van der Waals surface area contributed by atoms with Crippen molar-refractivity contribution in [3.63, 3.8) is 0 Å². The summed E-state index contributed by atoms with van der Waals surface area (Å²) in [5, 5.41) is 0. The minimum atomic E-state index is -1.21. The van der Waals surface area contributed by atoms with Crippen LogP contribution in [0.4, 0.5) is 0 Å². The Morgan fingerprint density at radius 2 is 1.12 bits per heavy atom. The van der Waals surface area contributed by atoms with E-state index in [0.29, 0.717) is 0 Å². The number of hydrogen-bond acceptors (Lipinski definition) is 1. The zero-order valence-electron chi connectivity index (χ0n) is 9.63. The van der Waals surface area contributed by atoms with Crippen LogP contribution in [0.25, 0.3) is 0 Å². The molecule has 82 valence electrons. The summed E-state index contributed by atoms with van der Waals surface area (Å²) in [6, 6.07) is 21.1. The zero-order valence-corrected chi connectivity index (χ0v) is 10.4. The fraction of sp³-hybridized carbons (Fsp3) is 0.143. The van der Waals surface area contributed by atoms with Crippen LogP contribution in [0.2, 0.25) is 0 Å². The SMILES string of the molecule is CN=[S+](C)(c1ccccc1)c1ccccc1. The van der Waals surface area contributed by atoms with Crippen LogP contribution >= 0.6 is 0 Å². The smallest absolute Gasteiger partial charge is 0.136 e. The highest BCUT2D eigenvalue weighted by Gasteiger charge is 2.24. The Morgan fingerprint density at radius 3 is 1.44 bits per heavy atom. The molecule has 0 unspecified atom stereocenters. The van der Waals surface area contributed by atoms with E-state index in [2.05, 4.69) is 59.1 Å². The summed E-state index contributed by atoms with van der Waals surface area (Å²) in [6.07, 6.45) is 2.23. The van der Waals surface area contributed by atoms with Crippen LogP contribution < -0.4 is 0 Å². The van der Waals surface area contributed by atoms with Gasteiger partial charge < -0.3 is 0 Å². The largest absolute Gasteiger partial charge is 0.143 e. The monoisotopic (exact) mass is 230 g/mol. The summed E-state index contributed by atoms with van der Waals surface area (Å²) in [6.45, 7) is 0. The maximum absolute atomic E-state index is 4.64. The van der Waals surface area contributed by atoms with E-state index in [-0.39, 0.29) is 0 Å². The van der Waals surface area contributed by atoms with Crippen molar-refractivity contribution in [2.24, 2.45) is 4.36 Å². The van der Waals surface area contributed by atoms with Crippen molar-refractivity contribution >= 4 is 9.82 Å². The first-order valence-corrected chi connectivity index (χ1v) is 7.27. The van der Waals surface area contributed by atoms with Crippen molar-refractivity contribution in [2.75, 3.05) is 13.3 Å². The van der Waals surface area contributed by atoms with Gasteiger partial charge >= 0.3 is 0 Å². The quantitative estimate of drug-likeness (QED) is 0.698. The van der Waals surface area contributed by atoms with Crippen molar-refractivity contribution in [1.82, 2.24) is 0 Å². The van der Waals surface area contributed by atoms with Crippen molar-refractivity contribution in [3.05, 3.63) is 60.7 Å². The fourth-order valence-electron chi connectivity index (χ4n) is 1.72. The van der Waals surface area contributed by atoms with E-state index >= 15 is 0 Å². The Kier molecular flexibility index (Phi) is 3.20. The molecule has 0 radical (unpaired) electrons. The summed E-state index contributed by atoms with van der Waals surface area (Å²) in [7, 11) is 0.703. The van der Waals surface area contributed by atoms with Crippen molar-refractivity contribution in [1.29, 1.82) is 0 Å². The average molecular weight is 230 g/mol. The topological polar surface area (TPSA) is 12.4 Å². The van der Waals surface area contributed by atoms with E-state index < -0.39 is 9.82 Å². The molecule has 0 aromatic heterocycles. The fourth-order valence-corrected chi connectivity index (χ4v) is 3.79. The first-order chi connectivity index (χ1) is 7.77. The van der Waals surface area contributed by atoms with Gasteiger partial charge in [-0.3, -0.25) is 0 Å². The van der Waals surface area contributed by atoms with Crippen LogP contribution in [-0.2, 0) is 9.82 Å². The van der Waals surface area contributed by atoms with Gasteiger partial charge in [0, 0.05) is 9.82 Å². The van der Waals surface area contributed by atoms with Gasteiger partial charge in [-0.05, 0) is 24.3 Å². The number of nitrogens with zero attached hydrogens (tertiary/aromatic N) is 1. The molecule has 16 heavy (non-hydrogen) atoms. The molecular weight excluding hydrogens is 214 g/mol. The molecule has 2 rings (SSSR count). The minimum Gasteiger partial charge on any atom is -0.136 e. The number of benzene rings is 2.